The molecule has 0 aliphatic carbocycles. The molecule has 0 saturated heterocycles. The van der Waals surface area contributed by atoms with Crippen molar-refractivity contribution in [2.75, 3.05) is 0 Å². The molecule has 4 N–H and O–H groups in total. The minimum Gasteiger partial charge on any atom is -0.446 e. The molecule has 206 valence electrons. The van der Waals surface area contributed by atoms with Gasteiger partial charge in [0.05, 0.1) is 0 Å². The second-order valence-corrected chi connectivity index (χ2v) is 10.5. The van der Waals surface area contributed by atoms with Crippen molar-refractivity contribution < 1.29 is 19.1 Å². The molecule has 0 fully saturated rings. The van der Waals surface area contributed by atoms with Crippen molar-refractivity contribution in [3.05, 3.63) is 95.2 Å². The van der Waals surface area contributed by atoms with Crippen LogP contribution in [0.5, 0.6) is 0 Å². The Hall–Kier alpha value is -3.58. The van der Waals surface area contributed by atoms with Crippen LogP contribution < -0.4 is 16.4 Å². The van der Waals surface area contributed by atoms with E-state index in [1.807, 2.05) is 52.0 Å². The van der Waals surface area contributed by atoms with Gasteiger partial charge in [-0.05, 0) is 37.4 Å². The summed E-state index contributed by atoms with van der Waals surface area (Å²) in [5.41, 5.74) is 6.89. The van der Waals surface area contributed by atoms with E-state index in [0.29, 0.717) is 17.9 Å². The van der Waals surface area contributed by atoms with Crippen molar-refractivity contribution in [1.82, 2.24) is 10.6 Å². The quantitative estimate of drug-likeness (QED) is 0.215. The van der Waals surface area contributed by atoms with Crippen molar-refractivity contribution in [1.29, 1.82) is 0 Å². The van der Waals surface area contributed by atoms with Crippen LogP contribution in [-0.2, 0) is 20.7 Å². The second kappa shape index (κ2) is 17.0. The van der Waals surface area contributed by atoms with E-state index < -0.39 is 23.7 Å². The van der Waals surface area contributed by atoms with Crippen molar-refractivity contribution in [2.45, 2.75) is 66.0 Å². The van der Waals surface area contributed by atoms with Gasteiger partial charge in [-0.3, -0.25) is 9.59 Å². The van der Waals surface area contributed by atoms with Crippen molar-refractivity contribution >= 4 is 29.5 Å². The van der Waals surface area contributed by atoms with Crippen molar-refractivity contribution in [3.63, 3.8) is 0 Å². The third-order valence-corrected chi connectivity index (χ3v) is 5.48. The summed E-state index contributed by atoms with van der Waals surface area (Å²) < 4.78 is 5.06. The van der Waals surface area contributed by atoms with E-state index in [9.17, 15) is 14.4 Å². The molecule has 0 bridgehead atoms. The number of nitrogens with two attached hydrogens (primary N) is 1. The maximum Gasteiger partial charge on any atom is 0.404 e. The fraction of sp³-hybridized carbons (Fsp3) is 0.367. The average Bonchev–Trinajstić information content (AvgIpc) is 2.84. The van der Waals surface area contributed by atoms with Gasteiger partial charge in [0.15, 0.2) is 0 Å². The highest BCUT2D eigenvalue weighted by molar-refractivity contribution is 6.29. The highest BCUT2D eigenvalue weighted by atomic mass is 35.5. The number of ether oxygens (including phenoxy) is 1. The third-order valence-electron chi connectivity index (χ3n) is 5.32. The molecular weight excluding hydrogens is 502 g/mol. The molecule has 0 aliphatic rings. The molecule has 1 aromatic rings. The van der Waals surface area contributed by atoms with Crippen LogP contribution in [0.4, 0.5) is 4.79 Å². The number of carbonyl (C=O) groups excluding carboxylic acids is 3. The van der Waals surface area contributed by atoms with Crippen molar-refractivity contribution in [3.8, 4) is 0 Å². The summed E-state index contributed by atoms with van der Waals surface area (Å²) in [5, 5.41) is 6.03. The highest BCUT2D eigenvalue weighted by Gasteiger charge is 2.31. The Morgan fingerprint density at radius 2 is 1.68 bits per heavy atom. The van der Waals surface area contributed by atoms with E-state index in [2.05, 4.69) is 28.8 Å². The summed E-state index contributed by atoms with van der Waals surface area (Å²) in [5.74, 6) is -0.743. The lowest BCUT2D eigenvalue weighted by Gasteiger charge is -2.29. The Morgan fingerprint density at radius 3 is 2.29 bits per heavy atom. The molecule has 38 heavy (non-hydrogen) atoms. The highest BCUT2D eigenvalue weighted by Crippen LogP contribution is 2.19. The molecule has 7 nitrogen and oxygen atoms in total. The number of allylic oxidation sites excluding steroid dienone is 6. The Balaban J connectivity index is 2.66. The Morgan fingerprint density at radius 1 is 1.03 bits per heavy atom. The fourth-order valence-electron chi connectivity index (χ4n) is 3.27. The van der Waals surface area contributed by atoms with Gasteiger partial charge in [-0.25, -0.2) is 4.79 Å². The largest absolute Gasteiger partial charge is 0.446 e. The smallest absolute Gasteiger partial charge is 0.404 e. The van der Waals surface area contributed by atoms with Gasteiger partial charge in [0, 0.05) is 23.9 Å². The average molecular weight is 542 g/mol. The molecule has 0 aliphatic heterocycles. The molecule has 1 aromatic carbocycles. The van der Waals surface area contributed by atoms with Gasteiger partial charge in [0.2, 0.25) is 11.8 Å². The number of primary amides is 1. The standard InChI is InChI=1S/C30H40ClN3O4/c1-22(17-19-24-13-7-6-8-14-24)12-9-10-16-26(35)34-27(30(3,4)5)28(36)33-21-11-15-25(38-29(32)37)20-18-23(2)31/h6-14,16-18,21,25,27H,15,19-20H2,1-5H3,(H2,32,37)(H,33,36)(H,34,35)/b12-9-,16-10-,21-11-,22-17+,23-18+/t25-,27?/m1/s1. The van der Waals surface area contributed by atoms with Crippen LogP contribution in [0.25, 0.3) is 0 Å². The van der Waals surface area contributed by atoms with Crippen LogP contribution in [0, 0.1) is 5.41 Å². The lowest BCUT2D eigenvalue weighted by molar-refractivity contribution is -0.129. The van der Waals surface area contributed by atoms with Crippen molar-refractivity contribution in [2.24, 2.45) is 11.1 Å². The number of nitrogens with one attached hydrogen (secondary N) is 2. The van der Waals surface area contributed by atoms with Gasteiger partial charge < -0.3 is 21.1 Å². The van der Waals surface area contributed by atoms with Gasteiger partial charge in [0.1, 0.15) is 12.1 Å². The molecule has 1 unspecified atom stereocenters. The monoisotopic (exact) mass is 541 g/mol. The third kappa shape index (κ3) is 14.9. The van der Waals surface area contributed by atoms with E-state index in [0.717, 1.165) is 12.0 Å². The summed E-state index contributed by atoms with van der Waals surface area (Å²) in [7, 11) is 0. The molecule has 8 heteroatoms. The first-order valence-corrected chi connectivity index (χ1v) is 12.9. The Bertz CT molecular complexity index is 1060. The number of halogens is 1. The number of amides is 3. The van der Waals surface area contributed by atoms with Gasteiger partial charge in [-0.1, -0.05) is 105 Å². The summed E-state index contributed by atoms with van der Waals surface area (Å²) >= 11 is 5.84. The first kappa shape index (κ1) is 32.4. The normalized spacial score (nSPS) is 14.6. The molecule has 0 heterocycles. The minimum atomic E-state index is -0.884. The zero-order valence-corrected chi connectivity index (χ0v) is 23.6. The molecule has 0 aromatic heterocycles. The topological polar surface area (TPSA) is 111 Å². The molecular formula is C30H40ClN3O4. The van der Waals surface area contributed by atoms with E-state index in [1.54, 1.807) is 31.2 Å². The number of hydrogen-bond acceptors (Lipinski definition) is 4. The number of carbonyl (C=O) groups is 3. The predicted molar refractivity (Wildman–Crippen MR) is 154 cm³/mol. The lowest BCUT2D eigenvalue weighted by Crippen LogP contribution is -2.52. The van der Waals surface area contributed by atoms with Crippen LogP contribution in [0.1, 0.15) is 53.0 Å². The van der Waals surface area contributed by atoms with E-state index in [-0.39, 0.29) is 11.8 Å². The van der Waals surface area contributed by atoms with Gasteiger partial charge in [0.25, 0.3) is 0 Å². The van der Waals surface area contributed by atoms with E-state index >= 15 is 0 Å². The molecule has 3 amide bonds. The summed E-state index contributed by atoms with van der Waals surface area (Å²) in [6.07, 6.45) is 13.8. The zero-order valence-electron chi connectivity index (χ0n) is 22.9. The van der Waals surface area contributed by atoms with Crippen LogP contribution >= 0.6 is 11.6 Å². The Kier molecular flexibility index (Phi) is 14.5. The number of benzene rings is 1. The molecule has 1 rings (SSSR count). The summed E-state index contributed by atoms with van der Waals surface area (Å²) in [6.45, 7) is 9.31. The fourth-order valence-corrected chi connectivity index (χ4v) is 3.36. The first-order valence-electron chi connectivity index (χ1n) is 12.5. The number of rotatable bonds is 13. The first-order chi connectivity index (χ1) is 17.9. The molecule has 2 atom stereocenters. The SMILES string of the molecule is C/C(Cl)=C\C[C@@H](C/C=C\NC(=O)C(NC(=O)\C=C/C=C\C(C)=C\Cc1ccccc1)C(C)(C)C)OC(N)=O. The van der Waals surface area contributed by atoms with Gasteiger partial charge in [-0.2, -0.15) is 0 Å². The van der Waals surface area contributed by atoms with Gasteiger partial charge in [-0.15, -0.1) is 0 Å². The summed E-state index contributed by atoms with van der Waals surface area (Å²) in [4.78, 5) is 36.4. The van der Waals surface area contributed by atoms with E-state index in [4.69, 9.17) is 22.1 Å². The molecule has 0 radical (unpaired) electrons. The summed E-state index contributed by atoms with van der Waals surface area (Å²) in [6, 6.07) is 9.38. The zero-order chi connectivity index (χ0) is 28.6. The second-order valence-electron chi connectivity index (χ2n) is 9.90. The molecule has 0 spiro atoms. The van der Waals surface area contributed by atoms with E-state index in [1.165, 1.54) is 17.8 Å². The maximum atomic E-state index is 12.8. The number of hydrogen-bond donors (Lipinski definition) is 3. The Labute approximate surface area is 231 Å². The minimum absolute atomic E-state index is 0.324. The predicted octanol–water partition coefficient (Wildman–Crippen LogP) is 5.84. The lowest BCUT2D eigenvalue weighted by atomic mass is 9.86. The van der Waals surface area contributed by atoms with Gasteiger partial charge >= 0.3 is 6.09 Å². The van der Waals surface area contributed by atoms with Crippen LogP contribution in [-0.4, -0.2) is 30.1 Å². The maximum absolute atomic E-state index is 12.8. The van der Waals surface area contributed by atoms with Crippen LogP contribution in [0.3, 0.4) is 0 Å². The van der Waals surface area contributed by atoms with Crippen LogP contribution in [0.15, 0.2) is 89.7 Å². The van der Waals surface area contributed by atoms with Crippen LogP contribution in [0.2, 0.25) is 0 Å². The molecule has 0 saturated carbocycles.